The maximum atomic E-state index is 9.16. The Morgan fingerprint density at radius 3 is 2.62 bits per heavy atom. The van der Waals surface area contributed by atoms with Gasteiger partial charge in [-0.05, 0) is 24.1 Å². The summed E-state index contributed by atoms with van der Waals surface area (Å²) < 4.78 is 10.5. The molecule has 0 saturated heterocycles. The second-order valence-electron chi connectivity index (χ2n) is 4.61. The molecule has 0 atom stereocenters. The van der Waals surface area contributed by atoms with Crippen LogP contribution in [0.5, 0.6) is 11.5 Å². The monoisotopic (exact) mass is 302 g/mol. The van der Waals surface area contributed by atoms with Crippen molar-refractivity contribution in [2.45, 2.75) is 26.2 Å². The van der Waals surface area contributed by atoms with Crippen LogP contribution in [0.15, 0.2) is 18.2 Å². The second kappa shape index (κ2) is 7.09. The van der Waals surface area contributed by atoms with E-state index in [0.717, 1.165) is 34.0 Å². The predicted octanol–water partition coefficient (Wildman–Crippen LogP) is 3.58. The van der Waals surface area contributed by atoms with Crippen molar-refractivity contribution in [1.82, 2.24) is 4.98 Å². The van der Waals surface area contributed by atoms with Crippen LogP contribution in [-0.4, -0.2) is 19.2 Å². The molecule has 0 fully saturated rings. The lowest BCUT2D eigenvalue weighted by atomic mass is 10.1. The van der Waals surface area contributed by atoms with E-state index in [4.69, 9.17) is 14.7 Å². The lowest BCUT2D eigenvalue weighted by Gasteiger charge is -2.08. The fourth-order valence-corrected chi connectivity index (χ4v) is 3.08. The highest BCUT2D eigenvalue weighted by Crippen LogP contribution is 2.29. The Morgan fingerprint density at radius 2 is 2.00 bits per heavy atom. The zero-order chi connectivity index (χ0) is 15.2. The number of hydrogen-bond donors (Lipinski definition) is 0. The maximum absolute atomic E-state index is 9.16. The summed E-state index contributed by atoms with van der Waals surface area (Å²) in [5, 5.41) is 10.1. The van der Waals surface area contributed by atoms with Gasteiger partial charge in [-0.25, -0.2) is 4.98 Å². The van der Waals surface area contributed by atoms with Crippen LogP contribution in [0, 0.1) is 11.3 Å². The van der Waals surface area contributed by atoms with E-state index in [1.807, 2.05) is 18.2 Å². The fraction of sp³-hybridized carbons (Fsp3) is 0.375. The summed E-state index contributed by atoms with van der Waals surface area (Å²) >= 11 is 1.47. The molecule has 0 saturated carbocycles. The first-order valence-electron chi connectivity index (χ1n) is 6.81. The van der Waals surface area contributed by atoms with Gasteiger partial charge < -0.3 is 9.47 Å². The van der Waals surface area contributed by atoms with Crippen LogP contribution >= 0.6 is 11.3 Å². The van der Waals surface area contributed by atoms with Crippen molar-refractivity contribution in [3.63, 3.8) is 0 Å². The van der Waals surface area contributed by atoms with Gasteiger partial charge >= 0.3 is 0 Å². The standard InChI is InChI=1S/C16H18N2O2S/c1-4-5-12-15(10-17)21-16(18-12)9-11-6-7-13(19-2)14(8-11)20-3/h6-8H,4-5,9H2,1-3H3. The van der Waals surface area contributed by atoms with Crippen molar-refractivity contribution in [3.05, 3.63) is 39.3 Å². The van der Waals surface area contributed by atoms with Gasteiger partial charge in [0.2, 0.25) is 0 Å². The van der Waals surface area contributed by atoms with E-state index in [2.05, 4.69) is 18.0 Å². The largest absolute Gasteiger partial charge is 0.493 e. The number of aryl methyl sites for hydroxylation is 1. The van der Waals surface area contributed by atoms with Gasteiger partial charge in [0.15, 0.2) is 11.5 Å². The Morgan fingerprint density at radius 1 is 1.24 bits per heavy atom. The highest BCUT2D eigenvalue weighted by atomic mass is 32.1. The molecule has 0 N–H and O–H groups in total. The van der Waals surface area contributed by atoms with Crippen molar-refractivity contribution < 1.29 is 9.47 Å². The van der Waals surface area contributed by atoms with Gasteiger partial charge in [0.25, 0.3) is 0 Å². The van der Waals surface area contributed by atoms with E-state index in [0.29, 0.717) is 17.9 Å². The topological polar surface area (TPSA) is 55.1 Å². The van der Waals surface area contributed by atoms with Crippen LogP contribution in [0.1, 0.15) is 34.5 Å². The minimum atomic E-state index is 0.698. The second-order valence-corrected chi connectivity index (χ2v) is 5.69. The van der Waals surface area contributed by atoms with E-state index in [1.165, 1.54) is 11.3 Å². The van der Waals surface area contributed by atoms with Crippen LogP contribution in [-0.2, 0) is 12.8 Å². The summed E-state index contributed by atoms with van der Waals surface area (Å²) in [4.78, 5) is 5.32. The Balaban J connectivity index is 2.24. The number of aromatic nitrogens is 1. The smallest absolute Gasteiger partial charge is 0.160 e. The molecule has 5 heteroatoms. The Kier molecular flexibility index (Phi) is 5.18. The van der Waals surface area contributed by atoms with E-state index < -0.39 is 0 Å². The van der Waals surface area contributed by atoms with Gasteiger partial charge in [-0.2, -0.15) is 5.26 Å². The number of nitriles is 1. The normalized spacial score (nSPS) is 10.2. The summed E-state index contributed by atoms with van der Waals surface area (Å²) in [7, 11) is 3.24. The van der Waals surface area contributed by atoms with E-state index in [-0.39, 0.29) is 0 Å². The molecule has 1 aromatic heterocycles. The minimum absolute atomic E-state index is 0.698. The highest BCUT2D eigenvalue weighted by molar-refractivity contribution is 7.12. The molecule has 2 rings (SSSR count). The number of ether oxygens (including phenoxy) is 2. The van der Waals surface area contributed by atoms with Crippen LogP contribution < -0.4 is 9.47 Å². The molecule has 1 aromatic carbocycles. The third-order valence-electron chi connectivity index (χ3n) is 3.13. The van der Waals surface area contributed by atoms with E-state index in [1.54, 1.807) is 14.2 Å². The van der Waals surface area contributed by atoms with Crippen molar-refractivity contribution in [2.75, 3.05) is 14.2 Å². The zero-order valence-electron chi connectivity index (χ0n) is 12.5. The Bertz CT molecular complexity index is 659. The van der Waals surface area contributed by atoms with Gasteiger partial charge in [0, 0.05) is 6.42 Å². The van der Waals surface area contributed by atoms with Crippen molar-refractivity contribution in [1.29, 1.82) is 5.26 Å². The Labute approximate surface area is 129 Å². The molecule has 0 aliphatic heterocycles. The number of rotatable bonds is 6. The number of nitrogens with zero attached hydrogens (tertiary/aromatic N) is 2. The van der Waals surface area contributed by atoms with E-state index in [9.17, 15) is 0 Å². The van der Waals surface area contributed by atoms with Crippen LogP contribution in [0.2, 0.25) is 0 Å². The van der Waals surface area contributed by atoms with Crippen molar-refractivity contribution >= 4 is 11.3 Å². The third kappa shape index (κ3) is 3.53. The van der Waals surface area contributed by atoms with Gasteiger partial charge in [-0.15, -0.1) is 11.3 Å². The summed E-state index contributed by atoms with van der Waals surface area (Å²) in [6.45, 7) is 2.09. The first-order valence-corrected chi connectivity index (χ1v) is 7.63. The molecule has 2 aromatic rings. The molecule has 21 heavy (non-hydrogen) atoms. The Hall–Kier alpha value is -2.06. The molecular formula is C16H18N2O2S. The molecule has 0 aliphatic rings. The summed E-state index contributed by atoms with van der Waals surface area (Å²) in [6.07, 6.45) is 2.54. The molecule has 0 radical (unpaired) electrons. The average molecular weight is 302 g/mol. The first-order chi connectivity index (χ1) is 10.2. The molecule has 0 aliphatic carbocycles. The zero-order valence-corrected chi connectivity index (χ0v) is 13.3. The first kappa shape index (κ1) is 15.3. The minimum Gasteiger partial charge on any atom is -0.493 e. The molecular weight excluding hydrogens is 284 g/mol. The number of hydrogen-bond acceptors (Lipinski definition) is 5. The molecule has 0 spiro atoms. The number of methoxy groups -OCH3 is 2. The van der Waals surface area contributed by atoms with Gasteiger partial charge in [-0.3, -0.25) is 0 Å². The number of thiazole rings is 1. The molecule has 0 amide bonds. The van der Waals surface area contributed by atoms with Gasteiger partial charge in [0.1, 0.15) is 10.9 Å². The predicted molar refractivity (Wildman–Crippen MR) is 83.2 cm³/mol. The molecule has 4 nitrogen and oxygen atoms in total. The summed E-state index contributed by atoms with van der Waals surface area (Å²) in [5.41, 5.74) is 2.01. The number of benzene rings is 1. The van der Waals surface area contributed by atoms with Gasteiger partial charge in [-0.1, -0.05) is 19.4 Å². The molecule has 1 heterocycles. The van der Waals surface area contributed by atoms with Crippen molar-refractivity contribution in [3.8, 4) is 17.6 Å². The quantitative estimate of drug-likeness (QED) is 0.818. The average Bonchev–Trinajstić information content (AvgIpc) is 2.89. The third-order valence-corrected chi connectivity index (χ3v) is 4.14. The van der Waals surface area contributed by atoms with Crippen LogP contribution in [0.4, 0.5) is 0 Å². The lowest BCUT2D eigenvalue weighted by Crippen LogP contribution is -1.94. The van der Waals surface area contributed by atoms with Crippen LogP contribution in [0.3, 0.4) is 0 Å². The van der Waals surface area contributed by atoms with E-state index >= 15 is 0 Å². The SMILES string of the molecule is CCCc1nc(Cc2ccc(OC)c(OC)c2)sc1C#N. The maximum Gasteiger partial charge on any atom is 0.160 e. The summed E-state index contributed by atoms with van der Waals surface area (Å²) in [5.74, 6) is 1.42. The van der Waals surface area contributed by atoms with Gasteiger partial charge in [0.05, 0.1) is 24.9 Å². The lowest BCUT2D eigenvalue weighted by molar-refractivity contribution is 0.354. The summed E-state index contributed by atoms with van der Waals surface area (Å²) in [6, 6.07) is 8.07. The van der Waals surface area contributed by atoms with Crippen LogP contribution in [0.25, 0.3) is 0 Å². The molecule has 0 unspecified atom stereocenters. The molecule has 110 valence electrons. The molecule has 0 bridgehead atoms. The van der Waals surface area contributed by atoms with Crippen molar-refractivity contribution in [2.24, 2.45) is 0 Å². The fourth-order valence-electron chi connectivity index (χ4n) is 2.14. The highest BCUT2D eigenvalue weighted by Gasteiger charge is 2.12.